The topological polar surface area (TPSA) is 30.5 Å². The molecule has 16 heavy (non-hydrogen) atoms. The molecule has 3 rings (SSSR count). The van der Waals surface area contributed by atoms with Gasteiger partial charge >= 0.3 is 0 Å². The van der Waals surface area contributed by atoms with Gasteiger partial charge in [-0.2, -0.15) is 0 Å². The number of hydrogen-bond acceptors (Lipinski definition) is 3. The third kappa shape index (κ3) is 1.85. The number of benzene rings is 1. The summed E-state index contributed by atoms with van der Waals surface area (Å²) in [4.78, 5) is 0. The van der Waals surface area contributed by atoms with Crippen molar-refractivity contribution in [1.82, 2.24) is 5.32 Å². The lowest BCUT2D eigenvalue weighted by Crippen LogP contribution is -2.15. The van der Waals surface area contributed by atoms with Crippen LogP contribution in [-0.4, -0.2) is 19.9 Å². The quantitative estimate of drug-likeness (QED) is 0.859. The molecule has 1 fully saturated rings. The van der Waals surface area contributed by atoms with Gasteiger partial charge in [0.2, 0.25) is 0 Å². The van der Waals surface area contributed by atoms with Crippen molar-refractivity contribution in [2.24, 2.45) is 0 Å². The molecule has 0 radical (unpaired) electrons. The highest BCUT2D eigenvalue weighted by molar-refractivity contribution is 9.10. The van der Waals surface area contributed by atoms with Crippen LogP contribution in [0.4, 0.5) is 0 Å². The maximum Gasteiger partial charge on any atom is 0.189 e. The summed E-state index contributed by atoms with van der Waals surface area (Å²) >= 11 is 3.56. The summed E-state index contributed by atoms with van der Waals surface area (Å²) in [5.74, 6) is 1.62. The third-order valence-electron chi connectivity index (χ3n) is 3.20. The Kier molecular flexibility index (Phi) is 2.88. The van der Waals surface area contributed by atoms with Crippen molar-refractivity contribution in [3.63, 3.8) is 0 Å². The van der Waals surface area contributed by atoms with Gasteiger partial charge in [0.15, 0.2) is 6.79 Å². The van der Waals surface area contributed by atoms with Gasteiger partial charge in [0.25, 0.3) is 0 Å². The van der Waals surface area contributed by atoms with Crippen LogP contribution in [-0.2, 0) is 11.3 Å². The van der Waals surface area contributed by atoms with Crippen LogP contribution < -0.4 is 10.1 Å². The standard InChI is InChI=1S/C12H14BrNO2/c13-10-3-9-6-15-7-16-12(9)11(4-10)8-1-2-14-5-8/h3-4,8,14H,1-2,5-7H2. The van der Waals surface area contributed by atoms with Crippen LogP contribution in [0, 0.1) is 0 Å². The molecule has 1 saturated heterocycles. The zero-order chi connectivity index (χ0) is 11.0. The first kappa shape index (κ1) is 10.6. The summed E-state index contributed by atoms with van der Waals surface area (Å²) in [6.45, 7) is 3.18. The first-order valence-corrected chi connectivity index (χ1v) is 6.37. The van der Waals surface area contributed by atoms with Gasteiger partial charge in [-0.3, -0.25) is 0 Å². The summed E-state index contributed by atoms with van der Waals surface area (Å²) in [5, 5.41) is 3.39. The van der Waals surface area contributed by atoms with Crippen molar-refractivity contribution in [2.45, 2.75) is 18.9 Å². The van der Waals surface area contributed by atoms with E-state index in [0.717, 1.165) is 28.9 Å². The van der Waals surface area contributed by atoms with Gasteiger partial charge < -0.3 is 14.8 Å². The minimum atomic E-state index is 0.377. The Morgan fingerprint density at radius 3 is 3.12 bits per heavy atom. The van der Waals surface area contributed by atoms with E-state index in [1.807, 2.05) is 0 Å². The highest BCUT2D eigenvalue weighted by atomic mass is 79.9. The zero-order valence-electron chi connectivity index (χ0n) is 8.96. The second-order valence-electron chi connectivity index (χ2n) is 4.28. The summed E-state index contributed by atoms with van der Waals surface area (Å²) in [7, 11) is 0. The molecule has 0 amide bonds. The molecule has 1 aromatic carbocycles. The molecular formula is C12H14BrNO2. The predicted octanol–water partition coefficient (Wildman–Crippen LogP) is 2.39. The minimum absolute atomic E-state index is 0.377. The molecule has 1 atom stereocenters. The second kappa shape index (κ2) is 4.35. The van der Waals surface area contributed by atoms with Crippen LogP contribution >= 0.6 is 15.9 Å². The fourth-order valence-corrected chi connectivity index (χ4v) is 2.95. The Balaban J connectivity index is 2.04. The Hall–Kier alpha value is -0.580. The molecule has 2 heterocycles. The summed E-state index contributed by atoms with van der Waals surface area (Å²) in [6.07, 6.45) is 1.19. The van der Waals surface area contributed by atoms with Gasteiger partial charge in [0.1, 0.15) is 5.75 Å². The van der Waals surface area contributed by atoms with Crippen LogP contribution in [0.25, 0.3) is 0 Å². The van der Waals surface area contributed by atoms with E-state index in [0.29, 0.717) is 19.3 Å². The van der Waals surface area contributed by atoms with E-state index in [9.17, 15) is 0 Å². The van der Waals surface area contributed by atoms with E-state index in [1.54, 1.807) is 0 Å². The first-order valence-electron chi connectivity index (χ1n) is 5.58. The molecular weight excluding hydrogens is 270 g/mol. The fourth-order valence-electron chi connectivity index (χ4n) is 2.43. The van der Waals surface area contributed by atoms with Gasteiger partial charge in [0.05, 0.1) is 6.61 Å². The Morgan fingerprint density at radius 2 is 2.31 bits per heavy atom. The average molecular weight is 284 g/mol. The Morgan fingerprint density at radius 1 is 1.38 bits per heavy atom. The van der Waals surface area contributed by atoms with Gasteiger partial charge in [0, 0.05) is 28.1 Å². The van der Waals surface area contributed by atoms with Crippen molar-refractivity contribution in [2.75, 3.05) is 19.9 Å². The van der Waals surface area contributed by atoms with Crippen molar-refractivity contribution in [3.8, 4) is 5.75 Å². The number of rotatable bonds is 1. The summed E-state index contributed by atoms with van der Waals surface area (Å²) in [6, 6.07) is 4.27. The molecule has 3 nitrogen and oxygen atoms in total. The number of ether oxygens (including phenoxy) is 2. The van der Waals surface area contributed by atoms with E-state index in [1.165, 1.54) is 12.0 Å². The van der Waals surface area contributed by atoms with Gasteiger partial charge in [-0.15, -0.1) is 0 Å². The summed E-state index contributed by atoms with van der Waals surface area (Å²) < 4.78 is 12.1. The lowest BCUT2D eigenvalue weighted by atomic mass is 9.95. The lowest BCUT2D eigenvalue weighted by Gasteiger charge is -2.23. The van der Waals surface area contributed by atoms with Crippen LogP contribution in [0.1, 0.15) is 23.5 Å². The van der Waals surface area contributed by atoms with Crippen LogP contribution in [0.2, 0.25) is 0 Å². The molecule has 0 bridgehead atoms. The molecule has 4 heteroatoms. The van der Waals surface area contributed by atoms with Crippen molar-refractivity contribution >= 4 is 15.9 Å². The molecule has 0 aliphatic carbocycles. The lowest BCUT2D eigenvalue weighted by molar-refractivity contribution is -0.0172. The highest BCUT2D eigenvalue weighted by Crippen LogP contribution is 2.38. The Bertz CT molecular complexity index is 402. The van der Waals surface area contributed by atoms with Gasteiger partial charge in [-0.25, -0.2) is 0 Å². The number of nitrogens with one attached hydrogen (secondary N) is 1. The minimum Gasteiger partial charge on any atom is -0.467 e. The maximum absolute atomic E-state index is 5.65. The second-order valence-corrected chi connectivity index (χ2v) is 5.20. The van der Waals surface area contributed by atoms with E-state index in [-0.39, 0.29) is 0 Å². The zero-order valence-corrected chi connectivity index (χ0v) is 10.5. The molecule has 0 aromatic heterocycles. The van der Waals surface area contributed by atoms with Crippen LogP contribution in [0.3, 0.4) is 0 Å². The van der Waals surface area contributed by atoms with Crippen LogP contribution in [0.15, 0.2) is 16.6 Å². The van der Waals surface area contributed by atoms with E-state index in [4.69, 9.17) is 9.47 Å². The third-order valence-corrected chi connectivity index (χ3v) is 3.66. The largest absolute Gasteiger partial charge is 0.467 e. The van der Waals surface area contributed by atoms with Crippen molar-refractivity contribution in [1.29, 1.82) is 0 Å². The average Bonchev–Trinajstić information content (AvgIpc) is 2.81. The molecule has 1 unspecified atom stereocenters. The van der Waals surface area contributed by atoms with E-state index in [2.05, 4.69) is 33.4 Å². The Labute approximate surface area is 103 Å². The molecule has 2 aliphatic rings. The number of halogens is 1. The molecule has 2 aliphatic heterocycles. The monoisotopic (exact) mass is 283 g/mol. The maximum atomic E-state index is 5.65. The van der Waals surface area contributed by atoms with E-state index >= 15 is 0 Å². The van der Waals surface area contributed by atoms with Gasteiger partial charge in [-0.05, 0) is 25.1 Å². The van der Waals surface area contributed by atoms with Crippen molar-refractivity contribution < 1.29 is 9.47 Å². The first-order chi connectivity index (χ1) is 7.84. The molecule has 86 valence electrons. The molecule has 1 N–H and O–H groups in total. The van der Waals surface area contributed by atoms with Crippen molar-refractivity contribution in [3.05, 3.63) is 27.7 Å². The normalized spacial score (nSPS) is 23.9. The fraction of sp³-hybridized carbons (Fsp3) is 0.500. The predicted molar refractivity (Wildman–Crippen MR) is 64.7 cm³/mol. The molecule has 1 aromatic rings. The molecule has 0 saturated carbocycles. The summed E-state index contributed by atoms with van der Waals surface area (Å²) in [5.41, 5.74) is 2.47. The number of fused-ring (bicyclic) bond motifs is 1. The van der Waals surface area contributed by atoms with Gasteiger partial charge in [-0.1, -0.05) is 15.9 Å². The smallest absolute Gasteiger partial charge is 0.189 e. The molecule has 0 spiro atoms. The highest BCUT2D eigenvalue weighted by Gasteiger charge is 2.24. The SMILES string of the molecule is Brc1cc2c(c(C3CCNC3)c1)OCOC2. The number of hydrogen-bond donors (Lipinski definition) is 1. The van der Waals surface area contributed by atoms with Crippen LogP contribution in [0.5, 0.6) is 5.75 Å². The van der Waals surface area contributed by atoms with E-state index < -0.39 is 0 Å².